The molecule has 0 saturated heterocycles. The Morgan fingerprint density at radius 1 is 0.257 bits per heavy atom. The lowest BCUT2D eigenvalue weighted by Gasteiger charge is -2.18. The molecule has 0 aliphatic rings. The zero-order valence-electron chi connectivity index (χ0n) is 50.4. The van der Waals surface area contributed by atoms with E-state index in [1.165, 1.54) is 283 Å². The number of rotatable bonds is 63. The van der Waals surface area contributed by atoms with Crippen LogP contribution in [0.2, 0.25) is 0 Å². The standard InChI is InChI=1S/C68H130O6/c1-4-7-10-13-16-19-22-25-27-29-31-32-33-34-35-37-38-40-43-46-49-52-55-58-61-67(70)73-64-65(63-72-66(69)60-57-54-51-48-45-42-24-21-18-15-12-9-6-3)74-68(71)62-59-56-53-50-47-44-41-39-36-30-28-26-23-20-17-14-11-8-5-2/h21,24,65H,4-20,22-23,25-64H2,1-3H3/b24-21-. The van der Waals surface area contributed by atoms with Crippen LogP contribution in [0.5, 0.6) is 0 Å². The minimum atomic E-state index is -0.769. The summed E-state index contributed by atoms with van der Waals surface area (Å²) in [6.07, 6.45) is 75.2. The lowest BCUT2D eigenvalue weighted by molar-refractivity contribution is -0.167. The molecule has 0 aliphatic carbocycles. The van der Waals surface area contributed by atoms with Crippen molar-refractivity contribution in [3.8, 4) is 0 Å². The average molecular weight is 1040 g/mol. The molecule has 0 aromatic rings. The zero-order valence-corrected chi connectivity index (χ0v) is 50.4. The number of esters is 3. The Morgan fingerprint density at radius 2 is 0.446 bits per heavy atom. The molecule has 74 heavy (non-hydrogen) atoms. The molecule has 1 atom stereocenters. The highest BCUT2D eigenvalue weighted by atomic mass is 16.6. The molecule has 0 rings (SSSR count). The van der Waals surface area contributed by atoms with Crippen LogP contribution in [0.25, 0.3) is 0 Å². The summed E-state index contributed by atoms with van der Waals surface area (Å²) in [4.78, 5) is 38.3. The van der Waals surface area contributed by atoms with Crippen molar-refractivity contribution in [2.24, 2.45) is 0 Å². The van der Waals surface area contributed by atoms with E-state index in [0.717, 1.165) is 64.2 Å². The number of ether oxygens (including phenoxy) is 3. The van der Waals surface area contributed by atoms with Crippen molar-refractivity contribution in [3.05, 3.63) is 12.2 Å². The molecule has 0 saturated carbocycles. The summed E-state index contributed by atoms with van der Waals surface area (Å²) in [5, 5.41) is 0. The normalized spacial score (nSPS) is 12.0. The molecule has 6 nitrogen and oxygen atoms in total. The van der Waals surface area contributed by atoms with Crippen molar-refractivity contribution >= 4 is 17.9 Å². The van der Waals surface area contributed by atoms with Crippen LogP contribution in [0.1, 0.15) is 387 Å². The summed E-state index contributed by atoms with van der Waals surface area (Å²) in [7, 11) is 0. The first-order valence-electron chi connectivity index (χ1n) is 33.7. The van der Waals surface area contributed by atoms with Gasteiger partial charge in [0, 0.05) is 19.3 Å². The van der Waals surface area contributed by atoms with E-state index in [-0.39, 0.29) is 31.1 Å². The van der Waals surface area contributed by atoms with Gasteiger partial charge in [-0.1, -0.05) is 335 Å². The van der Waals surface area contributed by atoms with Crippen LogP contribution in [0.3, 0.4) is 0 Å². The van der Waals surface area contributed by atoms with Gasteiger partial charge in [0.1, 0.15) is 13.2 Å². The van der Waals surface area contributed by atoms with Gasteiger partial charge in [-0.3, -0.25) is 14.4 Å². The predicted molar refractivity (Wildman–Crippen MR) is 321 cm³/mol. The van der Waals surface area contributed by atoms with Crippen LogP contribution >= 0.6 is 0 Å². The topological polar surface area (TPSA) is 78.9 Å². The Bertz CT molecular complexity index is 1150. The SMILES string of the molecule is CCCCCC/C=C\CCCCCCCC(=O)OCC(COC(=O)CCCCCCCCCCCCCCCCCCCCCCCCCC)OC(=O)CCCCCCCCCCCCCCCCCCCCC. The number of hydrogen-bond donors (Lipinski definition) is 0. The fourth-order valence-electron chi connectivity index (χ4n) is 10.4. The molecular weight excluding hydrogens is 913 g/mol. The molecule has 0 bridgehead atoms. The molecule has 0 radical (unpaired) electrons. The van der Waals surface area contributed by atoms with Gasteiger partial charge in [0.2, 0.25) is 0 Å². The lowest BCUT2D eigenvalue weighted by Crippen LogP contribution is -2.30. The third kappa shape index (κ3) is 61.0. The van der Waals surface area contributed by atoms with Gasteiger partial charge >= 0.3 is 17.9 Å². The number of unbranched alkanes of at least 4 members (excludes halogenated alkanes) is 50. The molecule has 0 N–H and O–H groups in total. The van der Waals surface area contributed by atoms with Crippen LogP contribution in [0.15, 0.2) is 12.2 Å². The fourth-order valence-corrected chi connectivity index (χ4v) is 10.4. The second-order valence-electron chi connectivity index (χ2n) is 23.1. The molecule has 0 heterocycles. The quantitative estimate of drug-likeness (QED) is 0.0261. The minimum Gasteiger partial charge on any atom is -0.462 e. The van der Waals surface area contributed by atoms with Gasteiger partial charge in [0.25, 0.3) is 0 Å². The maximum Gasteiger partial charge on any atom is 0.306 e. The van der Waals surface area contributed by atoms with Crippen LogP contribution in [0, 0.1) is 0 Å². The molecule has 0 aliphatic heterocycles. The molecular formula is C68H130O6. The lowest BCUT2D eigenvalue weighted by atomic mass is 10.0. The van der Waals surface area contributed by atoms with Crippen LogP contribution < -0.4 is 0 Å². The van der Waals surface area contributed by atoms with Crippen molar-refractivity contribution in [1.29, 1.82) is 0 Å². The average Bonchev–Trinajstić information content (AvgIpc) is 3.40. The number of hydrogen-bond acceptors (Lipinski definition) is 6. The van der Waals surface area contributed by atoms with Gasteiger partial charge in [-0.25, -0.2) is 0 Å². The van der Waals surface area contributed by atoms with Crippen molar-refractivity contribution in [3.63, 3.8) is 0 Å². The summed E-state index contributed by atoms with van der Waals surface area (Å²) in [5.41, 5.74) is 0. The Kier molecular flexibility index (Phi) is 62.1. The second-order valence-corrected chi connectivity index (χ2v) is 23.1. The Balaban J connectivity index is 4.22. The molecule has 0 aromatic carbocycles. The van der Waals surface area contributed by atoms with Crippen LogP contribution in [-0.4, -0.2) is 37.2 Å². The van der Waals surface area contributed by atoms with Gasteiger partial charge in [0.05, 0.1) is 0 Å². The molecule has 6 heteroatoms. The summed E-state index contributed by atoms with van der Waals surface area (Å²) in [6.45, 7) is 6.70. The predicted octanol–water partition coefficient (Wildman–Crippen LogP) is 22.8. The van der Waals surface area contributed by atoms with Crippen molar-refractivity contribution in [2.45, 2.75) is 393 Å². The number of carbonyl (C=O) groups excluding carboxylic acids is 3. The van der Waals surface area contributed by atoms with Gasteiger partial charge in [-0.05, 0) is 44.9 Å². The third-order valence-corrected chi connectivity index (χ3v) is 15.5. The van der Waals surface area contributed by atoms with Crippen molar-refractivity contribution in [1.82, 2.24) is 0 Å². The Morgan fingerprint density at radius 3 is 0.689 bits per heavy atom. The first kappa shape index (κ1) is 72.2. The largest absolute Gasteiger partial charge is 0.462 e. The van der Waals surface area contributed by atoms with Gasteiger partial charge < -0.3 is 14.2 Å². The Labute approximate surface area is 462 Å². The summed E-state index contributed by atoms with van der Waals surface area (Å²) in [5.74, 6) is -0.842. The van der Waals surface area contributed by atoms with E-state index < -0.39 is 6.10 Å². The van der Waals surface area contributed by atoms with Gasteiger partial charge in [0.15, 0.2) is 6.10 Å². The van der Waals surface area contributed by atoms with E-state index in [4.69, 9.17) is 14.2 Å². The fraction of sp³-hybridized carbons (Fsp3) is 0.926. The molecule has 438 valence electrons. The molecule has 0 spiro atoms. The molecule has 0 aromatic heterocycles. The zero-order chi connectivity index (χ0) is 53.6. The van der Waals surface area contributed by atoms with Crippen LogP contribution in [0.4, 0.5) is 0 Å². The summed E-state index contributed by atoms with van der Waals surface area (Å²) in [6, 6.07) is 0. The van der Waals surface area contributed by atoms with Crippen molar-refractivity contribution < 1.29 is 28.6 Å². The van der Waals surface area contributed by atoms with E-state index >= 15 is 0 Å². The highest BCUT2D eigenvalue weighted by molar-refractivity contribution is 5.71. The van der Waals surface area contributed by atoms with Gasteiger partial charge in [-0.15, -0.1) is 0 Å². The smallest absolute Gasteiger partial charge is 0.306 e. The van der Waals surface area contributed by atoms with Crippen molar-refractivity contribution in [2.75, 3.05) is 13.2 Å². The van der Waals surface area contributed by atoms with E-state index in [1.54, 1.807) is 0 Å². The maximum atomic E-state index is 12.9. The first-order chi connectivity index (χ1) is 36.5. The van der Waals surface area contributed by atoms with E-state index in [1.807, 2.05) is 0 Å². The van der Waals surface area contributed by atoms with Crippen LogP contribution in [-0.2, 0) is 28.6 Å². The molecule has 1 unspecified atom stereocenters. The third-order valence-electron chi connectivity index (χ3n) is 15.5. The highest BCUT2D eigenvalue weighted by Gasteiger charge is 2.19. The minimum absolute atomic E-state index is 0.0658. The monoisotopic (exact) mass is 1040 g/mol. The van der Waals surface area contributed by atoms with E-state index in [0.29, 0.717) is 19.3 Å². The molecule has 0 fully saturated rings. The number of carbonyl (C=O) groups is 3. The summed E-state index contributed by atoms with van der Waals surface area (Å²) < 4.78 is 17.0. The first-order valence-corrected chi connectivity index (χ1v) is 33.7. The van der Waals surface area contributed by atoms with E-state index in [2.05, 4.69) is 32.9 Å². The maximum absolute atomic E-state index is 12.9. The Hall–Kier alpha value is -1.85. The second kappa shape index (κ2) is 63.7. The number of allylic oxidation sites excluding steroid dienone is 2. The highest BCUT2D eigenvalue weighted by Crippen LogP contribution is 2.19. The molecule has 0 amide bonds. The van der Waals surface area contributed by atoms with Gasteiger partial charge in [-0.2, -0.15) is 0 Å². The van der Waals surface area contributed by atoms with E-state index in [9.17, 15) is 14.4 Å². The summed E-state index contributed by atoms with van der Waals surface area (Å²) >= 11 is 0.